The van der Waals surface area contributed by atoms with Gasteiger partial charge in [0.1, 0.15) is 11.5 Å². The van der Waals surface area contributed by atoms with Crippen molar-refractivity contribution < 1.29 is 9.53 Å². The molecule has 0 spiro atoms. The summed E-state index contributed by atoms with van der Waals surface area (Å²) in [5, 5.41) is 0. The fraction of sp³-hybridized carbons (Fsp3) is 0.278. The van der Waals surface area contributed by atoms with Gasteiger partial charge in [-0.05, 0) is 42.3 Å². The Bertz CT molecular complexity index is 556. The molecular formula is C18H20O2. The summed E-state index contributed by atoms with van der Waals surface area (Å²) in [4.78, 5) is 12.2. The maximum atomic E-state index is 12.2. The van der Waals surface area contributed by atoms with Crippen LogP contribution in [0.5, 0.6) is 11.5 Å². The highest BCUT2D eigenvalue weighted by atomic mass is 16.5. The second kappa shape index (κ2) is 6.38. The Morgan fingerprint density at radius 3 is 1.95 bits per heavy atom. The van der Waals surface area contributed by atoms with Gasteiger partial charge in [-0.1, -0.05) is 39.0 Å². The van der Waals surface area contributed by atoms with E-state index in [1.807, 2.05) is 61.5 Å². The van der Waals surface area contributed by atoms with Crippen LogP contribution >= 0.6 is 0 Å². The van der Waals surface area contributed by atoms with Crippen LogP contribution in [0, 0.1) is 11.8 Å². The third kappa shape index (κ3) is 3.47. The lowest BCUT2D eigenvalue weighted by Crippen LogP contribution is -2.16. The average Bonchev–Trinajstić information content (AvgIpc) is 2.47. The Morgan fingerprint density at radius 1 is 0.850 bits per heavy atom. The molecule has 0 aliphatic heterocycles. The van der Waals surface area contributed by atoms with Crippen LogP contribution in [0.4, 0.5) is 0 Å². The first-order valence-electron chi connectivity index (χ1n) is 6.95. The summed E-state index contributed by atoms with van der Waals surface area (Å²) < 4.78 is 5.71. The number of benzene rings is 2. The zero-order valence-electron chi connectivity index (χ0n) is 12.2. The molecule has 0 aromatic heterocycles. The van der Waals surface area contributed by atoms with Crippen molar-refractivity contribution in [2.45, 2.75) is 20.8 Å². The van der Waals surface area contributed by atoms with Gasteiger partial charge in [0, 0.05) is 11.5 Å². The van der Waals surface area contributed by atoms with Crippen LogP contribution in [0.1, 0.15) is 31.1 Å². The van der Waals surface area contributed by atoms with E-state index in [2.05, 4.69) is 13.8 Å². The van der Waals surface area contributed by atoms with E-state index < -0.39 is 0 Å². The molecule has 0 heterocycles. The highest BCUT2D eigenvalue weighted by molar-refractivity contribution is 5.97. The standard InChI is InChI=1S/C18H20O2/c1-13(2)14(3)18(19)15-9-11-17(12-10-15)20-16-7-5-4-6-8-16/h4-14H,1-3H3. The predicted octanol–water partition coefficient (Wildman–Crippen LogP) is 4.95. The zero-order valence-corrected chi connectivity index (χ0v) is 12.2. The number of para-hydroxylation sites is 1. The van der Waals surface area contributed by atoms with Crippen LogP contribution in [0.25, 0.3) is 0 Å². The van der Waals surface area contributed by atoms with E-state index in [4.69, 9.17) is 4.74 Å². The van der Waals surface area contributed by atoms with E-state index in [9.17, 15) is 4.79 Å². The van der Waals surface area contributed by atoms with Gasteiger partial charge in [0.05, 0.1) is 0 Å². The molecule has 104 valence electrons. The summed E-state index contributed by atoms with van der Waals surface area (Å²) in [5.41, 5.74) is 0.742. The first-order valence-corrected chi connectivity index (χ1v) is 6.95. The highest BCUT2D eigenvalue weighted by Crippen LogP contribution is 2.23. The summed E-state index contributed by atoms with van der Waals surface area (Å²) in [6.07, 6.45) is 0. The maximum Gasteiger partial charge on any atom is 0.165 e. The molecule has 0 amide bonds. The lowest BCUT2D eigenvalue weighted by molar-refractivity contribution is 0.0900. The summed E-state index contributed by atoms with van der Waals surface area (Å²) >= 11 is 0. The number of carbonyl (C=O) groups excluding carboxylic acids is 1. The van der Waals surface area contributed by atoms with Gasteiger partial charge < -0.3 is 4.74 Å². The van der Waals surface area contributed by atoms with E-state index in [0.29, 0.717) is 5.92 Å². The molecule has 1 atom stereocenters. The van der Waals surface area contributed by atoms with E-state index in [1.54, 1.807) is 0 Å². The van der Waals surface area contributed by atoms with Crippen LogP contribution in [-0.2, 0) is 0 Å². The molecule has 0 radical (unpaired) electrons. The molecule has 2 nitrogen and oxygen atoms in total. The van der Waals surface area contributed by atoms with E-state index >= 15 is 0 Å². The molecule has 0 N–H and O–H groups in total. The molecule has 0 saturated carbocycles. The monoisotopic (exact) mass is 268 g/mol. The van der Waals surface area contributed by atoms with Crippen molar-refractivity contribution in [3.05, 3.63) is 60.2 Å². The molecule has 1 unspecified atom stereocenters. The van der Waals surface area contributed by atoms with Crippen molar-refractivity contribution in [3.8, 4) is 11.5 Å². The number of rotatable bonds is 5. The second-order valence-corrected chi connectivity index (χ2v) is 5.34. The summed E-state index contributed by atoms with van der Waals surface area (Å²) in [7, 11) is 0. The summed E-state index contributed by atoms with van der Waals surface area (Å²) in [5.74, 6) is 2.11. The number of ketones is 1. The quantitative estimate of drug-likeness (QED) is 0.717. The number of hydrogen-bond acceptors (Lipinski definition) is 2. The Morgan fingerprint density at radius 2 is 1.40 bits per heavy atom. The molecule has 0 saturated heterocycles. The fourth-order valence-electron chi connectivity index (χ4n) is 1.88. The number of Topliss-reactive ketones (excluding diaryl/α,β-unsaturated/α-hetero) is 1. The first-order chi connectivity index (χ1) is 9.58. The van der Waals surface area contributed by atoms with Gasteiger partial charge in [0.15, 0.2) is 5.78 Å². The minimum atomic E-state index is 0.0379. The third-order valence-electron chi connectivity index (χ3n) is 3.53. The van der Waals surface area contributed by atoms with Crippen molar-refractivity contribution >= 4 is 5.78 Å². The number of ether oxygens (including phenoxy) is 1. The molecule has 0 aliphatic rings. The lowest BCUT2D eigenvalue weighted by Gasteiger charge is -2.14. The Kier molecular flexibility index (Phi) is 4.57. The first kappa shape index (κ1) is 14.3. The lowest BCUT2D eigenvalue weighted by atomic mass is 9.90. The molecular weight excluding hydrogens is 248 g/mol. The molecule has 0 bridgehead atoms. The molecule has 2 heteroatoms. The second-order valence-electron chi connectivity index (χ2n) is 5.34. The largest absolute Gasteiger partial charge is 0.457 e. The van der Waals surface area contributed by atoms with E-state index in [0.717, 1.165) is 17.1 Å². The van der Waals surface area contributed by atoms with Crippen molar-refractivity contribution in [1.29, 1.82) is 0 Å². The normalized spacial score (nSPS) is 12.2. The van der Waals surface area contributed by atoms with Gasteiger partial charge in [-0.2, -0.15) is 0 Å². The van der Waals surface area contributed by atoms with Gasteiger partial charge in [0.25, 0.3) is 0 Å². The molecule has 0 aliphatic carbocycles. The molecule has 2 rings (SSSR count). The zero-order chi connectivity index (χ0) is 14.5. The van der Waals surface area contributed by atoms with Crippen LogP contribution < -0.4 is 4.74 Å². The Labute approximate surface area is 120 Å². The van der Waals surface area contributed by atoms with Crippen LogP contribution in [0.2, 0.25) is 0 Å². The van der Waals surface area contributed by atoms with Crippen molar-refractivity contribution in [2.24, 2.45) is 11.8 Å². The Balaban J connectivity index is 2.09. The minimum absolute atomic E-state index is 0.0379. The van der Waals surface area contributed by atoms with Crippen LogP contribution in [0.15, 0.2) is 54.6 Å². The minimum Gasteiger partial charge on any atom is -0.457 e. The summed E-state index contributed by atoms with van der Waals surface area (Å²) in [6.45, 7) is 6.10. The van der Waals surface area contributed by atoms with Gasteiger partial charge in [-0.25, -0.2) is 0 Å². The van der Waals surface area contributed by atoms with Crippen molar-refractivity contribution in [2.75, 3.05) is 0 Å². The number of carbonyl (C=O) groups is 1. The van der Waals surface area contributed by atoms with Gasteiger partial charge in [-0.15, -0.1) is 0 Å². The van der Waals surface area contributed by atoms with E-state index in [1.165, 1.54) is 0 Å². The molecule has 20 heavy (non-hydrogen) atoms. The van der Waals surface area contributed by atoms with Gasteiger partial charge in [0.2, 0.25) is 0 Å². The maximum absolute atomic E-state index is 12.2. The van der Waals surface area contributed by atoms with Crippen molar-refractivity contribution in [3.63, 3.8) is 0 Å². The van der Waals surface area contributed by atoms with E-state index in [-0.39, 0.29) is 11.7 Å². The molecule has 2 aromatic carbocycles. The highest BCUT2D eigenvalue weighted by Gasteiger charge is 2.18. The number of hydrogen-bond donors (Lipinski definition) is 0. The molecule has 2 aromatic rings. The van der Waals surface area contributed by atoms with Gasteiger partial charge in [-0.3, -0.25) is 4.79 Å². The summed E-state index contributed by atoms with van der Waals surface area (Å²) in [6, 6.07) is 17.0. The van der Waals surface area contributed by atoms with Crippen LogP contribution in [0.3, 0.4) is 0 Å². The van der Waals surface area contributed by atoms with Crippen molar-refractivity contribution in [1.82, 2.24) is 0 Å². The predicted molar refractivity (Wildman–Crippen MR) is 81.3 cm³/mol. The molecule has 0 fully saturated rings. The van der Waals surface area contributed by atoms with Gasteiger partial charge >= 0.3 is 0 Å². The van der Waals surface area contributed by atoms with Crippen LogP contribution in [-0.4, -0.2) is 5.78 Å². The smallest absolute Gasteiger partial charge is 0.165 e. The SMILES string of the molecule is CC(C)C(C)C(=O)c1ccc(Oc2ccccc2)cc1. The topological polar surface area (TPSA) is 26.3 Å². The Hall–Kier alpha value is -2.09. The average molecular weight is 268 g/mol. The third-order valence-corrected chi connectivity index (χ3v) is 3.53. The fourth-order valence-corrected chi connectivity index (χ4v) is 1.88.